The van der Waals surface area contributed by atoms with Crippen molar-refractivity contribution in [2.24, 2.45) is 5.92 Å². The average molecular weight is 376 g/mol. The second-order valence-corrected chi connectivity index (χ2v) is 8.11. The summed E-state index contributed by atoms with van der Waals surface area (Å²) < 4.78 is 34.4. The van der Waals surface area contributed by atoms with Crippen molar-refractivity contribution >= 4 is 26.0 Å². The van der Waals surface area contributed by atoms with E-state index in [0.717, 1.165) is 23.7 Å². The van der Waals surface area contributed by atoms with Crippen LogP contribution in [0.15, 0.2) is 27.6 Å². The van der Waals surface area contributed by atoms with E-state index in [1.165, 1.54) is 6.42 Å². The van der Waals surface area contributed by atoms with Crippen LogP contribution in [0.25, 0.3) is 0 Å². The first kappa shape index (κ1) is 16.8. The molecule has 0 heterocycles. The van der Waals surface area contributed by atoms with Gasteiger partial charge in [0, 0.05) is 10.5 Å². The number of ether oxygens (including phenoxy) is 1. The molecule has 0 aromatic heterocycles. The van der Waals surface area contributed by atoms with Gasteiger partial charge in [-0.05, 0) is 43.9 Å². The Hall–Kier alpha value is -0.590. The van der Waals surface area contributed by atoms with E-state index < -0.39 is 10.0 Å². The number of nitrogens with one attached hydrogen (secondary N) is 1. The van der Waals surface area contributed by atoms with Crippen molar-refractivity contribution in [1.82, 2.24) is 4.72 Å². The fourth-order valence-electron chi connectivity index (χ4n) is 2.72. The Kier molecular flexibility index (Phi) is 5.68. The molecule has 0 unspecified atom stereocenters. The zero-order valence-corrected chi connectivity index (χ0v) is 14.8. The lowest BCUT2D eigenvalue weighted by Crippen LogP contribution is -2.41. The molecule has 2 atom stereocenters. The van der Waals surface area contributed by atoms with E-state index in [1.807, 2.05) is 6.92 Å². The predicted octanol–water partition coefficient (Wildman–Crippen LogP) is 3.70. The van der Waals surface area contributed by atoms with Gasteiger partial charge in [0.25, 0.3) is 0 Å². The Morgan fingerprint density at radius 2 is 2.05 bits per heavy atom. The first-order valence-electron chi connectivity index (χ1n) is 7.38. The van der Waals surface area contributed by atoms with Gasteiger partial charge in [0.1, 0.15) is 10.6 Å². The summed E-state index contributed by atoms with van der Waals surface area (Å²) in [5.41, 5.74) is 0. The monoisotopic (exact) mass is 375 g/mol. The maximum atomic E-state index is 12.7. The molecule has 0 spiro atoms. The van der Waals surface area contributed by atoms with Gasteiger partial charge in [0.15, 0.2) is 0 Å². The van der Waals surface area contributed by atoms with Crippen molar-refractivity contribution in [3.05, 3.63) is 22.7 Å². The molecule has 0 saturated heterocycles. The molecule has 1 saturated carbocycles. The van der Waals surface area contributed by atoms with Gasteiger partial charge in [-0.2, -0.15) is 0 Å². The zero-order valence-electron chi connectivity index (χ0n) is 12.4. The highest BCUT2D eigenvalue weighted by molar-refractivity contribution is 9.10. The van der Waals surface area contributed by atoms with Gasteiger partial charge >= 0.3 is 0 Å². The maximum absolute atomic E-state index is 12.7. The summed E-state index contributed by atoms with van der Waals surface area (Å²) >= 11 is 3.33. The fourth-order valence-corrected chi connectivity index (χ4v) is 4.78. The lowest BCUT2D eigenvalue weighted by Gasteiger charge is -2.29. The summed E-state index contributed by atoms with van der Waals surface area (Å²) in [6, 6.07) is 5.08. The minimum atomic E-state index is -3.57. The van der Waals surface area contributed by atoms with Crippen molar-refractivity contribution in [3.8, 4) is 5.75 Å². The van der Waals surface area contributed by atoms with E-state index in [9.17, 15) is 8.42 Å². The van der Waals surface area contributed by atoms with Crippen LogP contribution in [0, 0.1) is 5.92 Å². The average Bonchev–Trinajstić information content (AvgIpc) is 2.43. The molecule has 4 nitrogen and oxygen atoms in total. The number of benzene rings is 1. The third-order valence-corrected chi connectivity index (χ3v) is 5.92. The van der Waals surface area contributed by atoms with Crippen LogP contribution in [0.5, 0.6) is 5.75 Å². The van der Waals surface area contributed by atoms with E-state index in [1.54, 1.807) is 18.2 Å². The lowest BCUT2D eigenvalue weighted by molar-refractivity contribution is 0.308. The Morgan fingerprint density at radius 3 is 2.71 bits per heavy atom. The quantitative estimate of drug-likeness (QED) is 0.853. The zero-order chi connectivity index (χ0) is 15.5. The molecule has 118 valence electrons. The van der Waals surface area contributed by atoms with Crippen molar-refractivity contribution in [3.63, 3.8) is 0 Å². The highest BCUT2D eigenvalue weighted by Gasteiger charge is 2.28. The first-order chi connectivity index (χ1) is 9.94. The summed E-state index contributed by atoms with van der Waals surface area (Å²) in [5, 5.41) is 0. The van der Waals surface area contributed by atoms with Crippen molar-refractivity contribution in [2.75, 3.05) is 6.61 Å². The van der Waals surface area contributed by atoms with Crippen LogP contribution in [-0.4, -0.2) is 21.1 Å². The van der Waals surface area contributed by atoms with Crippen LogP contribution in [0.4, 0.5) is 0 Å². The van der Waals surface area contributed by atoms with Crippen LogP contribution in [0.3, 0.4) is 0 Å². The molecule has 0 radical (unpaired) electrons. The largest absolute Gasteiger partial charge is 0.492 e. The van der Waals surface area contributed by atoms with Crippen LogP contribution in [-0.2, 0) is 10.0 Å². The number of halogens is 1. The van der Waals surface area contributed by atoms with Crippen LogP contribution >= 0.6 is 15.9 Å². The van der Waals surface area contributed by atoms with Gasteiger partial charge in [0.05, 0.1) is 6.61 Å². The topological polar surface area (TPSA) is 55.4 Å². The first-order valence-corrected chi connectivity index (χ1v) is 9.66. The van der Waals surface area contributed by atoms with Gasteiger partial charge < -0.3 is 4.74 Å². The number of sulfonamides is 1. The molecule has 21 heavy (non-hydrogen) atoms. The molecule has 1 fully saturated rings. The summed E-state index contributed by atoms with van der Waals surface area (Å²) in [4.78, 5) is 0.205. The molecular weight excluding hydrogens is 354 g/mol. The van der Waals surface area contributed by atoms with E-state index in [0.29, 0.717) is 18.3 Å². The van der Waals surface area contributed by atoms with Crippen molar-refractivity contribution in [1.29, 1.82) is 0 Å². The highest BCUT2D eigenvalue weighted by atomic mass is 79.9. The molecule has 2 rings (SSSR count). The molecule has 1 aliphatic rings. The molecular formula is C15H22BrNO3S. The third-order valence-electron chi connectivity index (χ3n) is 3.91. The standard InChI is InChI=1S/C15H22BrNO3S/c1-3-20-14-9-8-12(16)10-15(14)21(18,19)17-13-7-5-4-6-11(13)2/h8-11,13,17H,3-7H2,1-2H3/t11-,13+/m0/s1. The molecule has 1 aromatic rings. The Labute approximate surface area is 135 Å². The van der Waals surface area contributed by atoms with E-state index in [4.69, 9.17) is 4.74 Å². The molecule has 1 N–H and O–H groups in total. The van der Waals surface area contributed by atoms with Crippen LogP contribution in [0.1, 0.15) is 39.5 Å². The number of hydrogen-bond donors (Lipinski definition) is 1. The second-order valence-electron chi connectivity index (χ2n) is 5.51. The van der Waals surface area contributed by atoms with Crippen molar-refractivity contribution in [2.45, 2.75) is 50.5 Å². The summed E-state index contributed by atoms with van der Waals surface area (Å²) in [6.45, 7) is 4.38. The molecule has 1 aliphatic carbocycles. The third kappa shape index (κ3) is 4.20. The fraction of sp³-hybridized carbons (Fsp3) is 0.600. The van der Waals surface area contributed by atoms with E-state index >= 15 is 0 Å². The molecule has 1 aromatic carbocycles. The van der Waals surface area contributed by atoms with Crippen LogP contribution in [0.2, 0.25) is 0 Å². The Bertz CT molecular complexity index is 589. The van der Waals surface area contributed by atoms with Gasteiger partial charge in [-0.25, -0.2) is 13.1 Å². The second kappa shape index (κ2) is 7.11. The molecule has 0 amide bonds. The summed E-state index contributed by atoms with van der Waals surface area (Å²) in [7, 11) is -3.57. The molecule has 6 heteroatoms. The van der Waals surface area contributed by atoms with Gasteiger partial charge in [-0.15, -0.1) is 0 Å². The van der Waals surface area contributed by atoms with Crippen LogP contribution < -0.4 is 9.46 Å². The number of rotatable bonds is 5. The number of hydrogen-bond acceptors (Lipinski definition) is 3. The normalized spacial score (nSPS) is 23.0. The SMILES string of the molecule is CCOc1ccc(Br)cc1S(=O)(=O)N[C@@H]1CCCC[C@@H]1C. The Morgan fingerprint density at radius 1 is 1.33 bits per heavy atom. The van der Waals surface area contributed by atoms with E-state index in [2.05, 4.69) is 27.6 Å². The predicted molar refractivity (Wildman–Crippen MR) is 87.1 cm³/mol. The molecule has 0 bridgehead atoms. The summed E-state index contributed by atoms with van der Waals surface area (Å²) in [6.07, 6.45) is 4.23. The summed E-state index contributed by atoms with van der Waals surface area (Å²) in [5.74, 6) is 0.771. The Balaban J connectivity index is 2.28. The van der Waals surface area contributed by atoms with Crippen molar-refractivity contribution < 1.29 is 13.2 Å². The smallest absolute Gasteiger partial charge is 0.244 e. The maximum Gasteiger partial charge on any atom is 0.244 e. The van der Waals surface area contributed by atoms with E-state index in [-0.39, 0.29) is 10.9 Å². The van der Waals surface area contributed by atoms with Gasteiger partial charge in [-0.1, -0.05) is 35.7 Å². The van der Waals surface area contributed by atoms with Gasteiger partial charge in [0.2, 0.25) is 10.0 Å². The van der Waals surface area contributed by atoms with Gasteiger partial charge in [-0.3, -0.25) is 0 Å². The minimum Gasteiger partial charge on any atom is -0.492 e. The highest BCUT2D eigenvalue weighted by Crippen LogP contribution is 2.30. The molecule has 0 aliphatic heterocycles. The lowest BCUT2D eigenvalue weighted by atomic mass is 9.87. The minimum absolute atomic E-state index is 0.0113.